The quantitative estimate of drug-likeness (QED) is 0.192. The number of benzene rings is 3. The molecule has 3 rings (SSSR count). The average molecular weight is 391 g/mol. The van der Waals surface area contributed by atoms with Gasteiger partial charge in [0.05, 0.1) is 6.61 Å². The first-order chi connectivity index (χ1) is 13.9. The molecule has 0 aromatic heterocycles. The van der Waals surface area contributed by atoms with Gasteiger partial charge < -0.3 is 4.52 Å². The molecular weight excluding hydrogens is 359 g/mol. The maximum absolute atomic E-state index is 5.09. The summed E-state index contributed by atoms with van der Waals surface area (Å²) >= 11 is 0. The van der Waals surface area contributed by atoms with E-state index in [1.165, 1.54) is 42.4 Å². The molecule has 0 fully saturated rings. The van der Waals surface area contributed by atoms with Crippen molar-refractivity contribution in [3.05, 3.63) is 108 Å². The second-order valence-corrected chi connectivity index (χ2v) is 7.73. The fourth-order valence-electron chi connectivity index (χ4n) is 4.21. The van der Waals surface area contributed by atoms with E-state index in [1.54, 1.807) is 0 Å². The summed E-state index contributed by atoms with van der Waals surface area (Å²) in [4.78, 5) is 0. The summed E-state index contributed by atoms with van der Waals surface area (Å²) in [7, 11) is 2.34. The molecular formula is C26H31OP. The van der Waals surface area contributed by atoms with Gasteiger partial charge in [-0.2, -0.15) is 0 Å². The predicted molar refractivity (Wildman–Crippen MR) is 123 cm³/mol. The second-order valence-electron chi connectivity index (χ2n) is 7.39. The van der Waals surface area contributed by atoms with Crippen molar-refractivity contribution < 1.29 is 4.52 Å². The fraction of sp³-hybridized carbons (Fsp3) is 0.308. The SMILES string of the molecule is POCCCCCCCC(c1ccccc1)(c1ccccc1)c1ccccc1. The molecule has 146 valence electrons. The standard InChI is InChI=1S/C26H31OP/c28-27-22-14-3-1-2-13-21-26(23-15-7-4-8-16-23,24-17-9-5-10-18-24)25-19-11-6-12-20-25/h4-12,15-20H,1-3,13-14,21-22,28H2. The third kappa shape index (κ3) is 5.10. The summed E-state index contributed by atoms with van der Waals surface area (Å²) < 4.78 is 5.09. The molecule has 0 saturated carbocycles. The van der Waals surface area contributed by atoms with Gasteiger partial charge in [-0.1, -0.05) is 117 Å². The van der Waals surface area contributed by atoms with Gasteiger partial charge in [0.2, 0.25) is 0 Å². The van der Waals surface area contributed by atoms with Gasteiger partial charge in [-0.15, -0.1) is 0 Å². The molecule has 0 saturated heterocycles. The van der Waals surface area contributed by atoms with Crippen LogP contribution in [0.15, 0.2) is 91.0 Å². The average Bonchev–Trinajstić information content (AvgIpc) is 2.78. The molecule has 0 aliphatic heterocycles. The summed E-state index contributed by atoms with van der Waals surface area (Å²) in [5.41, 5.74) is 4.03. The summed E-state index contributed by atoms with van der Waals surface area (Å²) in [6, 6.07) is 33.0. The first kappa shape index (κ1) is 20.8. The lowest BCUT2D eigenvalue weighted by atomic mass is 9.66. The molecule has 0 bridgehead atoms. The number of hydrogen-bond donors (Lipinski definition) is 0. The molecule has 0 aliphatic rings. The minimum Gasteiger partial charge on any atom is -0.366 e. The zero-order chi connectivity index (χ0) is 19.5. The van der Waals surface area contributed by atoms with E-state index in [0.29, 0.717) is 0 Å². The van der Waals surface area contributed by atoms with Gasteiger partial charge >= 0.3 is 0 Å². The van der Waals surface area contributed by atoms with E-state index >= 15 is 0 Å². The molecule has 0 heterocycles. The highest BCUT2D eigenvalue weighted by molar-refractivity contribution is 7.09. The Labute approximate surface area is 172 Å². The number of rotatable bonds is 11. The second kappa shape index (κ2) is 11.1. The van der Waals surface area contributed by atoms with Crippen molar-refractivity contribution in [1.82, 2.24) is 0 Å². The van der Waals surface area contributed by atoms with E-state index in [2.05, 4.69) is 100 Å². The van der Waals surface area contributed by atoms with Crippen LogP contribution in [0.5, 0.6) is 0 Å². The molecule has 3 aromatic rings. The molecule has 3 aromatic carbocycles. The van der Waals surface area contributed by atoms with Crippen LogP contribution in [0.25, 0.3) is 0 Å². The predicted octanol–water partition coefficient (Wildman–Crippen LogP) is 7.17. The highest BCUT2D eigenvalue weighted by atomic mass is 31.0. The third-order valence-corrected chi connectivity index (χ3v) is 5.85. The molecule has 0 radical (unpaired) electrons. The van der Waals surface area contributed by atoms with Crippen molar-refractivity contribution in [3.63, 3.8) is 0 Å². The van der Waals surface area contributed by atoms with E-state index in [4.69, 9.17) is 4.52 Å². The smallest absolute Gasteiger partial charge is 0.0501 e. The molecule has 2 heteroatoms. The lowest BCUT2D eigenvalue weighted by molar-refractivity contribution is 0.352. The van der Waals surface area contributed by atoms with Crippen LogP contribution in [-0.4, -0.2) is 6.61 Å². The molecule has 28 heavy (non-hydrogen) atoms. The fourth-order valence-corrected chi connectivity index (χ4v) is 4.37. The van der Waals surface area contributed by atoms with E-state index in [-0.39, 0.29) is 5.41 Å². The van der Waals surface area contributed by atoms with Gasteiger partial charge in [0.15, 0.2) is 0 Å². The minimum absolute atomic E-state index is 0.104. The van der Waals surface area contributed by atoms with Crippen LogP contribution in [0, 0.1) is 0 Å². The summed E-state index contributed by atoms with van der Waals surface area (Å²) in [5.74, 6) is 0. The van der Waals surface area contributed by atoms with E-state index in [0.717, 1.165) is 19.4 Å². The lowest BCUT2D eigenvalue weighted by Gasteiger charge is -2.36. The normalized spacial score (nSPS) is 11.5. The van der Waals surface area contributed by atoms with Crippen LogP contribution in [0.1, 0.15) is 55.2 Å². The Hall–Kier alpha value is -1.95. The van der Waals surface area contributed by atoms with Gasteiger partial charge in [0.25, 0.3) is 0 Å². The van der Waals surface area contributed by atoms with Gasteiger partial charge in [-0.05, 0) is 29.5 Å². The molecule has 0 N–H and O–H groups in total. The molecule has 1 unspecified atom stereocenters. The molecule has 0 aliphatic carbocycles. The first-order valence-corrected chi connectivity index (χ1v) is 10.8. The van der Waals surface area contributed by atoms with Crippen molar-refractivity contribution in [2.45, 2.75) is 43.9 Å². The summed E-state index contributed by atoms with van der Waals surface area (Å²) in [6.45, 7) is 0.840. The Balaban J connectivity index is 1.91. The maximum Gasteiger partial charge on any atom is 0.0501 e. The zero-order valence-corrected chi connectivity index (χ0v) is 17.8. The van der Waals surface area contributed by atoms with Crippen molar-refractivity contribution in [2.24, 2.45) is 0 Å². The highest BCUT2D eigenvalue weighted by Gasteiger charge is 2.35. The van der Waals surface area contributed by atoms with E-state index in [9.17, 15) is 0 Å². The topological polar surface area (TPSA) is 9.23 Å². The zero-order valence-electron chi connectivity index (χ0n) is 16.6. The van der Waals surface area contributed by atoms with Crippen LogP contribution in [0.2, 0.25) is 0 Å². The molecule has 1 nitrogen and oxygen atoms in total. The van der Waals surface area contributed by atoms with Gasteiger partial charge in [-0.25, -0.2) is 0 Å². The van der Waals surface area contributed by atoms with Crippen molar-refractivity contribution in [1.29, 1.82) is 0 Å². The molecule has 1 atom stereocenters. The van der Waals surface area contributed by atoms with Crippen LogP contribution < -0.4 is 0 Å². The monoisotopic (exact) mass is 390 g/mol. The molecule has 0 amide bonds. The number of unbranched alkanes of at least 4 members (excludes halogenated alkanes) is 4. The Morgan fingerprint density at radius 2 is 0.929 bits per heavy atom. The van der Waals surface area contributed by atoms with Crippen LogP contribution in [0.3, 0.4) is 0 Å². The van der Waals surface area contributed by atoms with Crippen molar-refractivity contribution in [2.75, 3.05) is 6.61 Å². The Kier molecular flexibility index (Phi) is 8.27. The largest absolute Gasteiger partial charge is 0.366 e. The first-order valence-electron chi connectivity index (χ1n) is 10.4. The lowest BCUT2D eigenvalue weighted by Crippen LogP contribution is -2.29. The van der Waals surface area contributed by atoms with Gasteiger partial charge in [-0.3, -0.25) is 0 Å². The summed E-state index contributed by atoms with van der Waals surface area (Å²) in [5, 5.41) is 0. The number of hydrogen-bond acceptors (Lipinski definition) is 1. The highest BCUT2D eigenvalue weighted by Crippen LogP contribution is 2.43. The maximum atomic E-state index is 5.09. The van der Waals surface area contributed by atoms with E-state index < -0.39 is 0 Å². The van der Waals surface area contributed by atoms with Crippen molar-refractivity contribution in [3.8, 4) is 0 Å². The minimum atomic E-state index is -0.104. The van der Waals surface area contributed by atoms with Crippen molar-refractivity contribution >= 4 is 9.47 Å². The molecule has 0 spiro atoms. The van der Waals surface area contributed by atoms with Crippen LogP contribution in [0.4, 0.5) is 0 Å². The summed E-state index contributed by atoms with van der Waals surface area (Å²) in [6.07, 6.45) is 7.23. The van der Waals surface area contributed by atoms with Gasteiger partial charge in [0, 0.05) is 14.9 Å². The van der Waals surface area contributed by atoms with Gasteiger partial charge in [0.1, 0.15) is 0 Å². The Bertz CT molecular complexity index is 690. The van der Waals surface area contributed by atoms with Crippen LogP contribution in [-0.2, 0) is 9.94 Å². The van der Waals surface area contributed by atoms with Crippen LogP contribution >= 0.6 is 9.47 Å². The Morgan fingerprint density at radius 1 is 0.536 bits per heavy atom. The third-order valence-electron chi connectivity index (χ3n) is 5.61. The Morgan fingerprint density at radius 3 is 1.36 bits per heavy atom. The van der Waals surface area contributed by atoms with E-state index in [1.807, 2.05) is 0 Å².